The molecule has 0 aliphatic heterocycles. The minimum atomic E-state index is -3.63. The summed E-state index contributed by atoms with van der Waals surface area (Å²) < 4.78 is 32.6. The summed E-state index contributed by atoms with van der Waals surface area (Å²) in [6.07, 6.45) is 1.49. The van der Waals surface area contributed by atoms with Crippen LogP contribution in [0.1, 0.15) is 11.1 Å². The number of pyridine rings is 1. The summed E-state index contributed by atoms with van der Waals surface area (Å²) in [7, 11) is -2.00. The van der Waals surface area contributed by atoms with E-state index in [2.05, 4.69) is 15.0 Å². The zero-order valence-electron chi connectivity index (χ0n) is 15.1. The van der Waals surface area contributed by atoms with E-state index in [-0.39, 0.29) is 4.90 Å². The summed E-state index contributed by atoms with van der Waals surface area (Å²) in [5.41, 5.74) is 2.38. The van der Waals surface area contributed by atoms with Crippen LogP contribution in [0.4, 0.5) is 11.5 Å². The van der Waals surface area contributed by atoms with Gasteiger partial charge in [0.15, 0.2) is 0 Å². The number of nitrogens with zero attached hydrogens (tertiary/aromatic N) is 1. The Morgan fingerprint density at radius 3 is 2.44 bits per heavy atom. The molecule has 1 heterocycles. The maximum Gasteiger partial charge on any atom is 0.261 e. The van der Waals surface area contributed by atoms with Crippen LogP contribution >= 0.6 is 0 Å². The molecule has 7 heteroatoms. The molecule has 3 rings (SSSR count). The van der Waals surface area contributed by atoms with Crippen LogP contribution in [-0.4, -0.2) is 20.5 Å². The third kappa shape index (κ3) is 4.98. The molecule has 0 aliphatic carbocycles. The monoisotopic (exact) mass is 383 g/mol. The highest BCUT2D eigenvalue weighted by Crippen LogP contribution is 2.18. The molecule has 3 aromatic rings. The van der Waals surface area contributed by atoms with Crippen molar-refractivity contribution in [2.75, 3.05) is 17.1 Å². The van der Waals surface area contributed by atoms with Gasteiger partial charge in [0.2, 0.25) is 0 Å². The molecular weight excluding hydrogens is 362 g/mol. The zero-order valence-corrected chi connectivity index (χ0v) is 16.0. The summed E-state index contributed by atoms with van der Waals surface area (Å²) in [6.45, 7) is 2.45. The Balaban J connectivity index is 1.62. The average Bonchev–Trinajstić information content (AvgIpc) is 2.67. The van der Waals surface area contributed by atoms with Gasteiger partial charge in [0, 0.05) is 6.54 Å². The maximum atomic E-state index is 12.4. The van der Waals surface area contributed by atoms with Crippen molar-refractivity contribution in [1.82, 2.24) is 4.98 Å². The van der Waals surface area contributed by atoms with Gasteiger partial charge in [0.25, 0.3) is 10.0 Å². The van der Waals surface area contributed by atoms with Gasteiger partial charge in [-0.25, -0.2) is 13.4 Å². The summed E-state index contributed by atoms with van der Waals surface area (Å²) in [5.74, 6) is 1.46. The van der Waals surface area contributed by atoms with Crippen LogP contribution in [0.5, 0.6) is 5.75 Å². The van der Waals surface area contributed by atoms with E-state index in [4.69, 9.17) is 4.74 Å². The van der Waals surface area contributed by atoms with Gasteiger partial charge in [0.05, 0.1) is 23.9 Å². The molecule has 0 saturated heterocycles. The first-order valence-corrected chi connectivity index (χ1v) is 9.87. The summed E-state index contributed by atoms with van der Waals surface area (Å²) in [6, 6.07) is 17.9. The van der Waals surface area contributed by atoms with E-state index in [9.17, 15) is 8.42 Å². The molecule has 0 radical (unpaired) electrons. The molecule has 0 saturated carbocycles. The van der Waals surface area contributed by atoms with Crippen molar-refractivity contribution in [3.05, 3.63) is 78.0 Å². The van der Waals surface area contributed by atoms with Crippen LogP contribution in [-0.2, 0) is 16.6 Å². The minimum Gasteiger partial charge on any atom is -0.497 e. The highest BCUT2D eigenvalue weighted by Gasteiger charge is 2.14. The molecule has 0 amide bonds. The van der Waals surface area contributed by atoms with Gasteiger partial charge in [0.1, 0.15) is 11.6 Å². The van der Waals surface area contributed by atoms with E-state index >= 15 is 0 Å². The fraction of sp³-hybridized carbons (Fsp3) is 0.150. The Morgan fingerprint density at radius 2 is 1.81 bits per heavy atom. The van der Waals surface area contributed by atoms with E-state index in [1.807, 2.05) is 37.3 Å². The van der Waals surface area contributed by atoms with Crippen molar-refractivity contribution in [3.8, 4) is 5.75 Å². The Bertz CT molecular complexity index is 1000. The number of hydrogen-bond acceptors (Lipinski definition) is 5. The number of hydrogen-bond donors (Lipinski definition) is 2. The van der Waals surface area contributed by atoms with Crippen molar-refractivity contribution in [3.63, 3.8) is 0 Å². The second kappa shape index (κ2) is 8.09. The van der Waals surface area contributed by atoms with Crippen LogP contribution in [0.15, 0.2) is 71.8 Å². The van der Waals surface area contributed by atoms with Gasteiger partial charge < -0.3 is 10.1 Å². The van der Waals surface area contributed by atoms with Gasteiger partial charge >= 0.3 is 0 Å². The van der Waals surface area contributed by atoms with E-state index in [0.717, 1.165) is 16.9 Å². The third-order valence-electron chi connectivity index (χ3n) is 3.95. The number of sulfonamides is 1. The number of anilines is 2. The second-order valence-electron chi connectivity index (χ2n) is 6.06. The van der Waals surface area contributed by atoms with Gasteiger partial charge in [-0.05, 0) is 54.4 Å². The van der Waals surface area contributed by atoms with Gasteiger partial charge in [-0.1, -0.05) is 24.3 Å². The summed E-state index contributed by atoms with van der Waals surface area (Å²) >= 11 is 0. The van der Waals surface area contributed by atoms with Crippen LogP contribution in [0.25, 0.3) is 0 Å². The third-order valence-corrected chi connectivity index (χ3v) is 5.33. The fourth-order valence-corrected chi connectivity index (χ4v) is 3.64. The molecule has 0 aliphatic rings. The molecule has 27 heavy (non-hydrogen) atoms. The molecule has 0 bridgehead atoms. The molecule has 1 aromatic heterocycles. The number of aryl methyl sites for hydroxylation is 1. The normalized spacial score (nSPS) is 11.0. The van der Waals surface area contributed by atoms with Crippen LogP contribution in [0.2, 0.25) is 0 Å². The quantitative estimate of drug-likeness (QED) is 0.648. The SMILES string of the molecule is COc1ccc(CNc2ccc(NS(=O)(=O)c3cccc(C)c3)cn2)cc1. The lowest BCUT2D eigenvalue weighted by atomic mass is 10.2. The Hall–Kier alpha value is -3.06. The van der Waals surface area contributed by atoms with Crippen molar-refractivity contribution in [1.29, 1.82) is 0 Å². The highest BCUT2D eigenvalue weighted by atomic mass is 32.2. The van der Waals surface area contributed by atoms with Crippen LogP contribution in [0.3, 0.4) is 0 Å². The Morgan fingerprint density at radius 1 is 1.04 bits per heavy atom. The van der Waals surface area contributed by atoms with Gasteiger partial charge in [-0.15, -0.1) is 0 Å². The maximum absolute atomic E-state index is 12.4. The van der Waals surface area contributed by atoms with Crippen LogP contribution < -0.4 is 14.8 Å². The molecule has 0 atom stereocenters. The first-order chi connectivity index (χ1) is 13.0. The largest absolute Gasteiger partial charge is 0.497 e. The molecule has 0 unspecified atom stereocenters. The van der Waals surface area contributed by atoms with Crippen molar-refractivity contribution < 1.29 is 13.2 Å². The van der Waals surface area contributed by atoms with Crippen molar-refractivity contribution in [2.45, 2.75) is 18.4 Å². The van der Waals surface area contributed by atoms with Crippen LogP contribution in [0, 0.1) is 6.92 Å². The lowest BCUT2D eigenvalue weighted by molar-refractivity contribution is 0.414. The molecule has 2 N–H and O–H groups in total. The van der Waals surface area contributed by atoms with E-state index in [0.29, 0.717) is 18.1 Å². The standard InChI is InChI=1S/C20H21N3O3S/c1-15-4-3-5-19(12-15)27(24,25)23-17-8-11-20(22-14-17)21-13-16-6-9-18(26-2)10-7-16/h3-12,14,23H,13H2,1-2H3,(H,21,22). The van der Waals surface area contributed by atoms with Crippen molar-refractivity contribution >= 4 is 21.5 Å². The van der Waals surface area contributed by atoms with Gasteiger partial charge in [-0.2, -0.15) is 0 Å². The van der Waals surface area contributed by atoms with E-state index in [1.165, 1.54) is 6.20 Å². The lowest BCUT2D eigenvalue weighted by Crippen LogP contribution is -2.13. The topological polar surface area (TPSA) is 80.3 Å². The first kappa shape index (κ1) is 18.7. The molecular formula is C20H21N3O3S. The average molecular weight is 383 g/mol. The van der Waals surface area contributed by atoms with E-state index < -0.39 is 10.0 Å². The second-order valence-corrected chi connectivity index (χ2v) is 7.74. The molecule has 140 valence electrons. The Labute approximate surface area is 159 Å². The predicted octanol–water partition coefficient (Wildman–Crippen LogP) is 3.81. The van der Waals surface area contributed by atoms with Gasteiger partial charge in [-0.3, -0.25) is 4.72 Å². The number of nitrogens with one attached hydrogen (secondary N) is 2. The lowest BCUT2D eigenvalue weighted by Gasteiger charge is -2.10. The molecule has 0 spiro atoms. The summed E-state index contributed by atoms with van der Waals surface area (Å²) in [5, 5.41) is 3.20. The van der Waals surface area contributed by atoms with Crippen molar-refractivity contribution in [2.24, 2.45) is 0 Å². The Kier molecular flexibility index (Phi) is 5.61. The fourth-order valence-electron chi connectivity index (χ4n) is 2.49. The summed E-state index contributed by atoms with van der Waals surface area (Å²) in [4.78, 5) is 4.49. The molecule has 2 aromatic carbocycles. The van der Waals surface area contributed by atoms with E-state index in [1.54, 1.807) is 37.4 Å². The number of ether oxygens (including phenoxy) is 1. The zero-order chi connectivity index (χ0) is 19.3. The predicted molar refractivity (Wildman–Crippen MR) is 107 cm³/mol. The number of aromatic nitrogens is 1. The number of rotatable bonds is 7. The molecule has 6 nitrogen and oxygen atoms in total. The highest BCUT2D eigenvalue weighted by molar-refractivity contribution is 7.92. The number of benzene rings is 2. The minimum absolute atomic E-state index is 0.226. The first-order valence-electron chi connectivity index (χ1n) is 8.38. The smallest absolute Gasteiger partial charge is 0.261 e. The molecule has 0 fully saturated rings. The number of methoxy groups -OCH3 is 1.